The van der Waals surface area contributed by atoms with Crippen LogP contribution in [0.2, 0.25) is 0 Å². The van der Waals surface area contributed by atoms with Crippen LogP contribution in [0.3, 0.4) is 0 Å². The molecular weight excluding hydrogens is 284 g/mol. The van der Waals surface area contributed by atoms with E-state index in [1.165, 1.54) is 56.9 Å². The zero-order valence-corrected chi connectivity index (χ0v) is 15.1. The maximum absolute atomic E-state index is 5.70. The second-order valence-corrected chi connectivity index (χ2v) is 6.83. The van der Waals surface area contributed by atoms with E-state index in [0.29, 0.717) is 13.2 Å². The van der Waals surface area contributed by atoms with Crippen LogP contribution in [0.5, 0.6) is 5.75 Å². The highest BCUT2D eigenvalue weighted by atomic mass is 16.5. The van der Waals surface area contributed by atoms with Gasteiger partial charge in [0.2, 0.25) is 0 Å². The van der Waals surface area contributed by atoms with Crippen molar-refractivity contribution in [1.82, 2.24) is 0 Å². The Labute approximate surface area is 142 Å². The van der Waals surface area contributed by atoms with Crippen LogP contribution in [0.15, 0.2) is 24.3 Å². The molecule has 1 aliphatic rings. The molecule has 0 N–H and O–H groups in total. The normalized spacial score (nSPS) is 21.3. The van der Waals surface area contributed by atoms with Crippen molar-refractivity contribution in [1.29, 1.82) is 0 Å². The summed E-state index contributed by atoms with van der Waals surface area (Å²) >= 11 is 0. The summed E-state index contributed by atoms with van der Waals surface area (Å²) in [6, 6.07) is 8.76. The molecule has 2 nitrogen and oxygen atoms in total. The van der Waals surface area contributed by atoms with Crippen LogP contribution in [0.25, 0.3) is 0 Å². The van der Waals surface area contributed by atoms with Gasteiger partial charge in [0.25, 0.3) is 0 Å². The van der Waals surface area contributed by atoms with Gasteiger partial charge in [-0.15, -0.1) is 0 Å². The lowest BCUT2D eigenvalue weighted by Crippen LogP contribution is -2.13. The first-order valence-corrected chi connectivity index (χ1v) is 9.64. The molecule has 1 fully saturated rings. The Morgan fingerprint density at radius 1 is 0.913 bits per heavy atom. The Bertz CT molecular complexity index is 404. The third-order valence-corrected chi connectivity index (χ3v) is 5.11. The lowest BCUT2D eigenvalue weighted by atomic mass is 9.77. The Morgan fingerprint density at radius 2 is 1.65 bits per heavy atom. The first kappa shape index (κ1) is 18.3. The highest BCUT2D eigenvalue weighted by molar-refractivity contribution is 5.29. The first-order valence-electron chi connectivity index (χ1n) is 9.64. The average molecular weight is 319 g/mol. The Kier molecular flexibility index (Phi) is 8.52. The molecular formula is C21H34O2. The molecule has 0 radical (unpaired) electrons. The zero-order chi connectivity index (χ0) is 16.3. The van der Waals surface area contributed by atoms with Crippen molar-refractivity contribution in [2.45, 2.75) is 71.1 Å². The third kappa shape index (κ3) is 6.55. The Morgan fingerprint density at radius 3 is 2.30 bits per heavy atom. The summed E-state index contributed by atoms with van der Waals surface area (Å²) < 4.78 is 11.0. The minimum absolute atomic E-state index is 0.635. The van der Waals surface area contributed by atoms with Crippen molar-refractivity contribution in [3.05, 3.63) is 29.8 Å². The van der Waals surface area contributed by atoms with Gasteiger partial charge in [0, 0.05) is 6.61 Å². The topological polar surface area (TPSA) is 18.5 Å². The third-order valence-electron chi connectivity index (χ3n) is 5.11. The smallest absolute Gasteiger partial charge is 0.119 e. The molecule has 0 aromatic heterocycles. The Balaban J connectivity index is 1.71. The first-order chi connectivity index (χ1) is 11.3. The van der Waals surface area contributed by atoms with Crippen LogP contribution >= 0.6 is 0 Å². The van der Waals surface area contributed by atoms with E-state index in [1.807, 2.05) is 6.92 Å². The van der Waals surface area contributed by atoms with E-state index in [-0.39, 0.29) is 0 Å². The van der Waals surface area contributed by atoms with Gasteiger partial charge in [-0.3, -0.25) is 0 Å². The van der Waals surface area contributed by atoms with Crippen molar-refractivity contribution in [2.24, 2.45) is 5.92 Å². The predicted molar refractivity (Wildman–Crippen MR) is 97.3 cm³/mol. The van der Waals surface area contributed by atoms with E-state index < -0.39 is 0 Å². The maximum atomic E-state index is 5.70. The van der Waals surface area contributed by atoms with Crippen molar-refractivity contribution in [2.75, 3.05) is 19.8 Å². The molecule has 0 aliphatic heterocycles. The van der Waals surface area contributed by atoms with Crippen LogP contribution < -0.4 is 4.74 Å². The van der Waals surface area contributed by atoms with Crippen molar-refractivity contribution >= 4 is 0 Å². The molecule has 0 atom stereocenters. The van der Waals surface area contributed by atoms with Crippen LogP contribution in [0, 0.1) is 5.92 Å². The van der Waals surface area contributed by atoms with E-state index in [0.717, 1.165) is 24.2 Å². The van der Waals surface area contributed by atoms with Crippen LogP contribution in [-0.4, -0.2) is 19.8 Å². The lowest BCUT2D eigenvalue weighted by Gasteiger charge is -2.29. The molecule has 1 aromatic rings. The summed E-state index contributed by atoms with van der Waals surface area (Å²) in [4.78, 5) is 0. The standard InChI is InChI=1S/C21H34O2/c1-3-5-6-7-18-8-10-19(11-9-18)20-12-14-21(15-13-20)23-17-16-22-4-2/h12-15,18-19H,3-11,16-17H2,1-2H3. The van der Waals surface area contributed by atoms with E-state index in [9.17, 15) is 0 Å². The summed E-state index contributed by atoms with van der Waals surface area (Å²) in [5.74, 6) is 2.70. The minimum Gasteiger partial charge on any atom is -0.491 e. The number of hydrogen-bond acceptors (Lipinski definition) is 2. The number of hydrogen-bond donors (Lipinski definition) is 0. The summed E-state index contributed by atoms with van der Waals surface area (Å²) in [6.45, 7) is 6.36. The quantitative estimate of drug-likeness (QED) is 0.496. The molecule has 0 spiro atoms. The fraction of sp³-hybridized carbons (Fsp3) is 0.714. The van der Waals surface area contributed by atoms with E-state index in [4.69, 9.17) is 9.47 Å². The number of rotatable bonds is 10. The molecule has 2 heteroatoms. The highest BCUT2D eigenvalue weighted by Gasteiger charge is 2.21. The maximum Gasteiger partial charge on any atom is 0.119 e. The van der Waals surface area contributed by atoms with Gasteiger partial charge in [-0.05, 0) is 62.1 Å². The number of unbranched alkanes of at least 4 members (excludes halogenated alkanes) is 2. The molecule has 23 heavy (non-hydrogen) atoms. The van der Waals surface area contributed by atoms with Crippen LogP contribution in [0.4, 0.5) is 0 Å². The Hall–Kier alpha value is -1.02. The van der Waals surface area contributed by atoms with Crippen molar-refractivity contribution in [3.63, 3.8) is 0 Å². The van der Waals surface area contributed by atoms with Gasteiger partial charge in [0.15, 0.2) is 0 Å². The molecule has 0 heterocycles. The lowest BCUT2D eigenvalue weighted by molar-refractivity contribution is 0.110. The van der Waals surface area contributed by atoms with Gasteiger partial charge in [0.1, 0.15) is 12.4 Å². The fourth-order valence-corrected chi connectivity index (χ4v) is 3.67. The zero-order valence-electron chi connectivity index (χ0n) is 15.1. The minimum atomic E-state index is 0.635. The summed E-state index contributed by atoms with van der Waals surface area (Å²) in [5.41, 5.74) is 1.49. The summed E-state index contributed by atoms with van der Waals surface area (Å²) in [6.07, 6.45) is 11.2. The largest absolute Gasteiger partial charge is 0.491 e. The van der Waals surface area contributed by atoms with Gasteiger partial charge in [-0.2, -0.15) is 0 Å². The summed E-state index contributed by atoms with van der Waals surface area (Å²) in [7, 11) is 0. The molecule has 1 aromatic carbocycles. The predicted octanol–water partition coefficient (Wildman–Crippen LogP) is 5.96. The molecule has 2 rings (SSSR count). The molecule has 130 valence electrons. The van der Waals surface area contributed by atoms with Gasteiger partial charge >= 0.3 is 0 Å². The van der Waals surface area contributed by atoms with Crippen LogP contribution in [-0.2, 0) is 4.74 Å². The van der Waals surface area contributed by atoms with E-state index in [2.05, 4.69) is 31.2 Å². The monoisotopic (exact) mass is 318 g/mol. The summed E-state index contributed by atoms with van der Waals surface area (Å²) in [5, 5.41) is 0. The van der Waals surface area contributed by atoms with Gasteiger partial charge < -0.3 is 9.47 Å². The molecule has 1 aliphatic carbocycles. The number of ether oxygens (including phenoxy) is 2. The van der Waals surface area contributed by atoms with Crippen molar-refractivity contribution < 1.29 is 9.47 Å². The second kappa shape index (κ2) is 10.7. The average Bonchev–Trinajstić information content (AvgIpc) is 2.60. The second-order valence-electron chi connectivity index (χ2n) is 6.83. The van der Waals surface area contributed by atoms with Crippen LogP contribution in [0.1, 0.15) is 76.7 Å². The molecule has 0 amide bonds. The molecule has 0 bridgehead atoms. The van der Waals surface area contributed by atoms with Gasteiger partial charge in [-0.25, -0.2) is 0 Å². The SMILES string of the molecule is CCCCCC1CCC(c2ccc(OCCOCC)cc2)CC1. The molecule has 0 saturated heterocycles. The number of benzene rings is 1. The fourth-order valence-electron chi connectivity index (χ4n) is 3.67. The highest BCUT2D eigenvalue weighted by Crippen LogP contribution is 2.38. The molecule has 1 saturated carbocycles. The van der Waals surface area contributed by atoms with Gasteiger partial charge in [0.05, 0.1) is 6.61 Å². The van der Waals surface area contributed by atoms with E-state index in [1.54, 1.807) is 0 Å². The van der Waals surface area contributed by atoms with E-state index >= 15 is 0 Å². The van der Waals surface area contributed by atoms with Crippen molar-refractivity contribution in [3.8, 4) is 5.75 Å². The molecule has 0 unspecified atom stereocenters. The van der Waals surface area contributed by atoms with Gasteiger partial charge in [-0.1, -0.05) is 44.7 Å².